The minimum absolute atomic E-state index is 0.0260. The Morgan fingerprint density at radius 1 is 1.32 bits per heavy atom. The minimum atomic E-state index is -0.502. The molecule has 5 nitrogen and oxygen atoms in total. The van der Waals surface area contributed by atoms with Gasteiger partial charge in [0.15, 0.2) is 0 Å². The van der Waals surface area contributed by atoms with Crippen LogP contribution >= 0.6 is 15.9 Å². The van der Waals surface area contributed by atoms with Crippen LogP contribution in [0.5, 0.6) is 11.5 Å². The molecule has 0 aliphatic carbocycles. The predicted molar refractivity (Wildman–Crippen MR) is 101 cm³/mol. The Labute approximate surface area is 155 Å². The average Bonchev–Trinajstić information content (AvgIpc) is 2.61. The lowest BCUT2D eigenvalue weighted by molar-refractivity contribution is -0.112. The molecule has 128 valence electrons. The third-order valence-electron chi connectivity index (χ3n) is 3.26. The molecule has 0 saturated carbocycles. The van der Waals surface area contributed by atoms with E-state index in [9.17, 15) is 10.1 Å². The van der Waals surface area contributed by atoms with Crippen molar-refractivity contribution in [3.63, 3.8) is 0 Å². The Bertz CT molecular complexity index is 841. The van der Waals surface area contributed by atoms with E-state index in [0.717, 1.165) is 4.47 Å². The zero-order valence-electron chi connectivity index (χ0n) is 13.9. The fourth-order valence-corrected chi connectivity index (χ4v) is 2.50. The number of benzene rings is 2. The van der Waals surface area contributed by atoms with Crippen LogP contribution in [0.25, 0.3) is 6.08 Å². The van der Waals surface area contributed by atoms with Gasteiger partial charge < -0.3 is 14.8 Å². The third kappa shape index (κ3) is 5.10. The summed E-state index contributed by atoms with van der Waals surface area (Å²) in [5.74, 6) is 0.719. The molecule has 2 rings (SSSR count). The third-order valence-corrected chi connectivity index (χ3v) is 3.76. The Hall–Kier alpha value is -2.78. The number of nitriles is 1. The van der Waals surface area contributed by atoms with Crippen LogP contribution in [0.4, 0.5) is 5.69 Å². The smallest absolute Gasteiger partial charge is 0.266 e. The number of anilines is 1. The maximum Gasteiger partial charge on any atom is 0.266 e. The van der Waals surface area contributed by atoms with Crippen molar-refractivity contribution in [3.05, 3.63) is 58.1 Å². The first-order chi connectivity index (χ1) is 12.1. The molecule has 2 aromatic carbocycles. The molecule has 0 spiro atoms. The van der Waals surface area contributed by atoms with E-state index >= 15 is 0 Å². The molecule has 0 heterocycles. The van der Waals surface area contributed by atoms with Crippen molar-refractivity contribution in [2.75, 3.05) is 19.0 Å². The highest BCUT2D eigenvalue weighted by Gasteiger charge is 2.12. The van der Waals surface area contributed by atoms with E-state index in [-0.39, 0.29) is 5.57 Å². The van der Waals surface area contributed by atoms with Crippen molar-refractivity contribution >= 4 is 33.6 Å². The van der Waals surface area contributed by atoms with Crippen molar-refractivity contribution in [2.45, 2.75) is 6.92 Å². The highest BCUT2D eigenvalue weighted by Crippen LogP contribution is 2.26. The summed E-state index contributed by atoms with van der Waals surface area (Å²) < 4.78 is 11.5. The zero-order chi connectivity index (χ0) is 18.2. The molecule has 0 aromatic heterocycles. The van der Waals surface area contributed by atoms with Gasteiger partial charge in [0.05, 0.1) is 13.7 Å². The molecular weight excluding hydrogens is 384 g/mol. The molecule has 0 unspecified atom stereocenters. The molecule has 0 saturated heterocycles. The summed E-state index contributed by atoms with van der Waals surface area (Å²) in [7, 11) is 1.55. The van der Waals surface area contributed by atoms with E-state index in [4.69, 9.17) is 9.47 Å². The molecule has 6 heteroatoms. The number of carbonyl (C=O) groups excluding carboxylic acids is 1. The number of rotatable bonds is 6. The number of carbonyl (C=O) groups is 1. The van der Waals surface area contributed by atoms with Gasteiger partial charge >= 0.3 is 0 Å². The molecule has 25 heavy (non-hydrogen) atoms. The summed E-state index contributed by atoms with van der Waals surface area (Å²) in [4.78, 5) is 12.4. The van der Waals surface area contributed by atoms with Crippen molar-refractivity contribution in [1.29, 1.82) is 5.26 Å². The molecule has 2 aromatic rings. The van der Waals surface area contributed by atoms with Gasteiger partial charge in [-0.3, -0.25) is 4.79 Å². The van der Waals surface area contributed by atoms with Crippen LogP contribution < -0.4 is 14.8 Å². The van der Waals surface area contributed by atoms with E-state index in [1.807, 2.05) is 19.1 Å². The Kier molecular flexibility index (Phi) is 6.61. The lowest BCUT2D eigenvalue weighted by atomic mass is 10.1. The number of hydrogen-bond acceptors (Lipinski definition) is 4. The summed E-state index contributed by atoms with van der Waals surface area (Å²) in [5, 5.41) is 12.1. The fourth-order valence-electron chi connectivity index (χ4n) is 2.12. The summed E-state index contributed by atoms with van der Waals surface area (Å²) >= 11 is 3.38. The summed E-state index contributed by atoms with van der Waals surface area (Å²) in [6.45, 7) is 2.36. The van der Waals surface area contributed by atoms with Gasteiger partial charge in [-0.2, -0.15) is 5.26 Å². The first-order valence-electron chi connectivity index (χ1n) is 7.57. The number of amides is 1. The molecule has 0 bridgehead atoms. The summed E-state index contributed by atoms with van der Waals surface area (Å²) in [6, 6.07) is 14.3. The van der Waals surface area contributed by atoms with Gasteiger partial charge in [0, 0.05) is 21.8 Å². The van der Waals surface area contributed by atoms with Crippen LogP contribution in [0.1, 0.15) is 12.5 Å². The van der Waals surface area contributed by atoms with E-state index < -0.39 is 5.91 Å². The molecule has 0 atom stereocenters. The highest BCUT2D eigenvalue weighted by molar-refractivity contribution is 9.10. The second-order valence-electron chi connectivity index (χ2n) is 4.97. The number of nitrogens with one attached hydrogen (secondary N) is 1. The topological polar surface area (TPSA) is 71.3 Å². The number of methoxy groups -OCH3 is 1. The highest BCUT2D eigenvalue weighted by atomic mass is 79.9. The van der Waals surface area contributed by atoms with Gasteiger partial charge in [-0.15, -0.1) is 0 Å². The second-order valence-corrected chi connectivity index (χ2v) is 5.89. The molecule has 0 radical (unpaired) electrons. The first-order valence-corrected chi connectivity index (χ1v) is 8.36. The maximum atomic E-state index is 12.4. The minimum Gasteiger partial charge on any atom is -0.497 e. The number of halogens is 1. The Morgan fingerprint density at radius 2 is 2.12 bits per heavy atom. The summed E-state index contributed by atoms with van der Waals surface area (Å²) in [6.07, 6.45) is 1.51. The fraction of sp³-hybridized carbons (Fsp3) is 0.158. The van der Waals surface area contributed by atoms with Crippen molar-refractivity contribution in [3.8, 4) is 17.6 Å². The van der Waals surface area contributed by atoms with Gasteiger partial charge in [0.1, 0.15) is 23.1 Å². The molecule has 0 aliphatic rings. The van der Waals surface area contributed by atoms with Gasteiger partial charge in [-0.1, -0.05) is 22.0 Å². The van der Waals surface area contributed by atoms with Crippen molar-refractivity contribution in [2.24, 2.45) is 0 Å². The van der Waals surface area contributed by atoms with Crippen molar-refractivity contribution in [1.82, 2.24) is 0 Å². The molecule has 0 aliphatic heterocycles. The lowest BCUT2D eigenvalue weighted by Gasteiger charge is -2.09. The van der Waals surface area contributed by atoms with Gasteiger partial charge in [-0.25, -0.2) is 0 Å². The van der Waals surface area contributed by atoms with Crippen LogP contribution in [-0.4, -0.2) is 19.6 Å². The van der Waals surface area contributed by atoms with Crippen LogP contribution in [0, 0.1) is 11.3 Å². The first kappa shape index (κ1) is 18.6. The SMILES string of the molecule is CCOc1ccc(Br)cc1/C=C(\C#N)C(=O)Nc1cccc(OC)c1. The van der Waals surface area contributed by atoms with Gasteiger partial charge in [0.2, 0.25) is 0 Å². The van der Waals surface area contributed by atoms with E-state index in [0.29, 0.717) is 29.4 Å². The quantitative estimate of drug-likeness (QED) is 0.575. The van der Waals surface area contributed by atoms with E-state index in [1.165, 1.54) is 6.08 Å². The largest absolute Gasteiger partial charge is 0.497 e. The maximum absolute atomic E-state index is 12.4. The van der Waals surface area contributed by atoms with E-state index in [1.54, 1.807) is 43.5 Å². The van der Waals surface area contributed by atoms with Crippen LogP contribution in [-0.2, 0) is 4.79 Å². The monoisotopic (exact) mass is 400 g/mol. The lowest BCUT2D eigenvalue weighted by Crippen LogP contribution is -2.13. The predicted octanol–water partition coefficient (Wildman–Crippen LogP) is 4.40. The Morgan fingerprint density at radius 3 is 2.80 bits per heavy atom. The number of nitrogens with zero attached hydrogens (tertiary/aromatic N) is 1. The molecular formula is C19H17BrN2O3. The zero-order valence-corrected chi connectivity index (χ0v) is 15.5. The van der Waals surface area contributed by atoms with Gasteiger partial charge in [0.25, 0.3) is 5.91 Å². The normalized spacial score (nSPS) is 10.7. The Balaban J connectivity index is 2.29. The molecule has 0 fully saturated rings. The second kappa shape index (κ2) is 8.90. The standard InChI is InChI=1S/C19H17BrN2O3/c1-3-25-18-8-7-15(20)10-13(18)9-14(12-21)19(23)22-16-5-4-6-17(11-16)24-2/h4-11H,3H2,1-2H3,(H,22,23)/b14-9+. The number of hydrogen-bond donors (Lipinski definition) is 1. The van der Waals surface area contributed by atoms with Crippen LogP contribution in [0.3, 0.4) is 0 Å². The van der Waals surface area contributed by atoms with Crippen molar-refractivity contribution < 1.29 is 14.3 Å². The van der Waals surface area contributed by atoms with E-state index in [2.05, 4.69) is 21.2 Å². The molecule has 1 N–H and O–H groups in total. The molecule has 1 amide bonds. The van der Waals surface area contributed by atoms with Gasteiger partial charge in [-0.05, 0) is 43.3 Å². The average molecular weight is 401 g/mol. The van der Waals surface area contributed by atoms with Crippen LogP contribution in [0.2, 0.25) is 0 Å². The number of ether oxygens (including phenoxy) is 2. The van der Waals surface area contributed by atoms with Crippen LogP contribution in [0.15, 0.2) is 52.5 Å². The summed E-state index contributed by atoms with van der Waals surface area (Å²) in [5.41, 5.74) is 1.17.